The van der Waals surface area contributed by atoms with E-state index >= 15 is 0 Å². The zero-order valence-electron chi connectivity index (χ0n) is 8.23. The third-order valence-corrected chi connectivity index (χ3v) is 2.30. The highest BCUT2D eigenvalue weighted by Gasteiger charge is 2.11. The van der Waals surface area contributed by atoms with Crippen molar-refractivity contribution in [1.82, 2.24) is 0 Å². The van der Waals surface area contributed by atoms with Gasteiger partial charge in [-0.2, -0.15) is 0 Å². The summed E-state index contributed by atoms with van der Waals surface area (Å²) in [7, 11) is 0. The second-order valence-electron chi connectivity index (χ2n) is 3.44. The molecule has 2 N–H and O–H groups in total. The second-order valence-corrected chi connectivity index (χ2v) is 3.44. The van der Waals surface area contributed by atoms with Crippen molar-refractivity contribution in [3.8, 4) is 0 Å². The maximum atomic E-state index is 14.0. The summed E-state index contributed by atoms with van der Waals surface area (Å²) in [6.07, 6.45) is -1.10. The van der Waals surface area contributed by atoms with E-state index < -0.39 is 6.17 Å². The average Bonchev–Trinajstić information content (AvgIpc) is 2.29. The molecule has 0 radical (unpaired) electrons. The van der Waals surface area contributed by atoms with Gasteiger partial charge in [0.15, 0.2) is 6.17 Å². The average molecular weight is 201 g/mol. The fourth-order valence-corrected chi connectivity index (χ4v) is 1.53. The molecule has 0 saturated carbocycles. The number of nitrogens with two attached hydrogens (primary N) is 1. The lowest BCUT2D eigenvalue weighted by atomic mass is 10.0. The van der Waals surface area contributed by atoms with E-state index in [0.717, 1.165) is 0 Å². The van der Waals surface area contributed by atoms with Crippen LogP contribution >= 0.6 is 0 Å². The molecule has 0 aliphatic carbocycles. The molecule has 1 atom stereocenters. The molecule has 0 aliphatic heterocycles. The zero-order valence-corrected chi connectivity index (χ0v) is 8.23. The van der Waals surface area contributed by atoms with Crippen LogP contribution in [-0.4, -0.2) is 0 Å². The first-order valence-electron chi connectivity index (χ1n) is 4.82. The molecule has 15 heavy (non-hydrogen) atoms. The molecule has 0 fully saturated rings. The zero-order chi connectivity index (χ0) is 10.7. The molecular formula is C13H12FN. The van der Waals surface area contributed by atoms with Crippen LogP contribution in [0.3, 0.4) is 0 Å². The van der Waals surface area contributed by atoms with E-state index in [9.17, 15) is 4.39 Å². The molecule has 0 amide bonds. The van der Waals surface area contributed by atoms with E-state index in [1.54, 1.807) is 36.4 Å². The molecule has 2 rings (SSSR count). The maximum Gasteiger partial charge on any atom is 0.150 e. The summed E-state index contributed by atoms with van der Waals surface area (Å²) in [5, 5.41) is 0. The Labute approximate surface area is 88.4 Å². The van der Waals surface area contributed by atoms with Gasteiger partial charge in [-0.1, -0.05) is 42.5 Å². The van der Waals surface area contributed by atoms with Crippen LogP contribution in [0.4, 0.5) is 10.1 Å². The summed E-state index contributed by atoms with van der Waals surface area (Å²) in [6.45, 7) is 0. The molecule has 0 aliphatic rings. The molecule has 1 nitrogen and oxygen atoms in total. The lowest BCUT2D eigenvalue weighted by molar-refractivity contribution is 0.402. The number of hydrogen-bond acceptors (Lipinski definition) is 1. The molecule has 0 heterocycles. The summed E-state index contributed by atoms with van der Waals surface area (Å²) in [6, 6.07) is 16.0. The number of alkyl halides is 1. The molecule has 0 aromatic heterocycles. The van der Waals surface area contributed by atoms with Gasteiger partial charge in [-0.05, 0) is 23.3 Å². The third-order valence-electron chi connectivity index (χ3n) is 2.30. The summed E-state index contributed by atoms with van der Waals surface area (Å²) in [5.74, 6) is 0. The molecule has 2 aromatic rings. The van der Waals surface area contributed by atoms with E-state index in [1.807, 2.05) is 18.2 Å². The molecule has 76 valence electrons. The van der Waals surface area contributed by atoms with Crippen LogP contribution in [0.2, 0.25) is 0 Å². The molecule has 0 bridgehead atoms. The molecule has 2 aromatic carbocycles. The van der Waals surface area contributed by atoms with Crippen LogP contribution in [0, 0.1) is 0 Å². The fraction of sp³-hybridized carbons (Fsp3) is 0.0769. The van der Waals surface area contributed by atoms with Gasteiger partial charge < -0.3 is 5.73 Å². The summed E-state index contributed by atoms with van der Waals surface area (Å²) in [5.41, 5.74) is 7.45. The summed E-state index contributed by atoms with van der Waals surface area (Å²) in [4.78, 5) is 0. The van der Waals surface area contributed by atoms with Crippen LogP contribution in [0.15, 0.2) is 54.6 Å². The van der Waals surface area contributed by atoms with Gasteiger partial charge in [-0.25, -0.2) is 4.39 Å². The summed E-state index contributed by atoms with van der Waals surface area (Å²) < 4.78 is 14.0. The Balaban J connectivity index is 2.32. The van der Waals surface area contributed by atoms with Gasteiger partial charge in [0.1, 0.15) is 0 Å². The van der Waals surface area contributed by atoms with Crippen LogP contribution in [0.25, 0.3) is 0 Å². The Bertz CT molecular complexity index is 439. The van der Waals surface area contributed by atoms with Crippen molar-refractivity contribution in [2.75, 3.05) is 5.73 Å². The van der Waals surface area contributed by atoms with Crippen molar-refractivity contribution in [2.45, 2.75) is 6.17 Å². The largest absolute Gasteiger partial charge is 0.399 e. The minimum absolute atomic E-state index is 0.589. The highest BCUT2D eigenvalue weighted by atomic mass is 19.1. The van der Waals surface area contributed by atoms with Gasteiger partial charge in [0.25, 0.3) is 0 Å². The quantitative estimate of drug-likeness (QED) is 0.741. The van der Waals surface area contributed by atoms with Gasteiger partial charge >= 0.3 is 0 Å². The summed E-state index contributed by atoms with van der Waals surface area (Å²) >= 11 is 0. The predicted octanol–water partition coefficient (Wildman–Crippen LogP) is 3.33. The van der Waals surface area contributed by atoms with Crippen LogP contribution < -0.4 is 5.73 Å². The monoisotopic (exact) mass is 201 g/mol. The van der Waals surface area contributed by atoms with Crippen molar-refractivity contribution in [3.63, 3.8) is 0 Å². The number of rotatable bonds is 2. The second kappa shape index (κ2) is 4.13. The lowest BCUT2D eigenvalue weighted by Gasteiger charge is -2.09. The van der Waals surface area contributed by atoms with Crippen LogP contribution in [0.1, 0.15) is 17.3 Å². The van der Waals surface area contributed by atoms with Crippen molar-refractivity contribution >= 4 is 5.69 Å². The van der Waals surface area contributed by atoms with Crippen molar-refractivity contribution in [1.29, 1.82) is 0 Å². The van der Waals surface area contributed by atoms with E-state index in [2.05, 4.69) is 0 Å². The van der Waals surface area contributed by atoms with Crippen molar-refractivity contribution in [2.24, 2.45) is 0 Å². The molecule has 0 spiro atoms. The number of halogens is 1. The molecular weight excluding hydrogens is 189 g/mol. The van der Waals surface area contributed by atoms with Crippen LogP contribution in [0.5, 0.6) is 0 Å². The standard InChI is InChI=1S/C13H12FN/c14-13(10-5-2-1-3-6-10)11-7-4-8-12(15)9-11/h1-9,13H,15H2. The first-order chi connectivity index (χ1) is 7.27. The van der Waals surface area contributed by atoms with Gasteiger partial charge in [0, 0.05) is 5.69 Å². The molecule has 2 heteroatoms. The van der Waals surface area contributed by atoms with Crippen molar-refractivity contribution < 1.29 is 4.39 Å². The maximum absolute atomic E-state index is 14.0. The van der Waals surface area contributed by atoms with E-state index in [0.29, 0.717) is 16.8 Å². The normalized spacial score (nSPS) is 12.3. The first-order valence-corrected chi connectivity index (χ1v) is 4.82. The topological polar surface area (TPSA) is 26.0 Å². The Hall–Kier alpha value is -1.83. The van der Waals surface area contributed by atoms with E-state index in [4.69, 9.17) is 5.73 Å². The Morgan fingerprint density at radius 2 is 1.53 bits per heavy atom. The third kappa shape index (κ3) is 2.15. The predicted molar refractivity (Wildman–Crippen MR) is 60.2 cm³/mol. The van der Waals surface area contributed by atoms with Gasteiger partial charge in [-0.15, -0.1) is 0 Å². The number of nitrogen functional groups attached to an aromatic ring is 1. The molecule has 0 saturated heterocycles. The fourth-order valence-electron chi connectivity index (χ4n) is 1.53. The number of anilines is 1. The van der Waals surface area contributed by atoms with E-state index in [1.165, 1.54) is 0 Å². The Morgan fingerprint density at radius 3 is 2.20 bits per heavy atom. The first kappa shape index (κ1) is 9.71. The lowest BCUT2D eigenvalue weighted by Crippen LogP contribution is -1.95. The highest BCUT2D eigenvalue weighted by molar-refractivity contribution is 5.43. The highest BCUT2D eigenvalue weighted by Crippen LogP contribution is 2.26. The van der Waals surface area contributed by atoms with E-state index in [-0.39, 0.29) is 0 Å². The Morgan fingerprint density at radius 1 is 0.867 bits per heavy atom. The SMILES string of the molecule is Nc1cccc(C(F)c2ccccc2)c1. The van der Waals surface area contributed by atoms with Crippen LogP contribution in [-0.2, 0) is 0 Å². The number of benzene rings is 2. The van der Waals surface area contributed by atoms with Gasteiger partial charge in [0.05, 0.1) is 0 Å². The minimum Gasteiger partial charge on any atom is -0.399 e. The van der Waals surface area contributed by atoms with Gasteiger partial charge in [0.2, 0.25) is 0 Å². The van der Waals surface area contributed by atoms with Crippen molar-refractivity contribution in [3.05, 3.63) is 65.7 Å². The minimum atomic E-state index is -1.10. The van der Waals surface area contributed by atoms with Gasteiger partial charge in [-0.3, -0.25) is 0 Å². The number of hydrogen-bond donors (Lipinski definition) is 1. The smallest absolute Gasteiger partial charge is 0.150 e. The molecule has 1 unspecified atom stereocenters. The Kier molecular flexibility index (Phi) is 2.68.